The minimum Gasteiger partial charge on any atom is -0.205 e. The van der Waals surface area contributed by atoms with Gasteiger partial charge in [0.25, 0.3) is 0 Å². The van der Waals surface area contributed by atoms with Gasteiger partial charge in [-0.2, -0.15) is 5.26 Å². The van der Waals surface area contributed by atoms with Crippen molar-refractivity contribution in [2.75, 3.05) is 0 Å². The highest BCUT2D eigenvalue weighted by atomic mass is 19.1. The molecule has 3 unspecified atom stereocenters. The monoisotopic (exact) mass is 387 g/mol. The molecule has 3 aliphatic rings. The molecule has 0 N–H and O–H groups in total. The van der Waals surface area contributed by atoms with Gasteiger partial charge in [0.05, 0.1) is 5.56 Å². The average molecular weight is 388 g/mol. The Kier molecular flexibility index (Phi) is 9.68. The molecule has 3 aliphatic carbocycles. The van der Waals surface area contributed by atoms with E-state index in [9.17, 15) is 4.39 Å². The predicted molar refractivity (Wildman–Crippen MR) is 119 cm³/mol. The molecule has 0 radical (unpaired) electrons. The summed E-state index contributed by atoms with van der Waals surface area (Å²) in [5, 5.41) is 9.05. The van der Waals surface area contributed by atoms with E-state index in [2.05, 4.69) is 19.9 Å². The Morgan fingerprint density at radius 1 is 1.00 bits per heavy atom. The first-order chi connectivity index (χ1) is 13.6. The maximum absolute atomic E-state index is 14.5. The molecule has 1 nitrogen and oxygen atoms in total. The zero-order valence-corrected chi connectivity index (χ0v) is 19.5. The molecule has 0 aromatic heterocycles. The third-order valence-electron chi connectivity index (χ3n) is 7.44. The maximum atomic E-state index is 14.5. The second-order valence-corrected chi connectivity index (χ2v) is 8.05. The minimum absolute atomic E-state index is 0.215. The molecule has 0 amide bonds. The van der Waals surface area contributed by atoms with Crippen LogP contribution >= 0.6 is 0 Å². The molecule has 1 aromatic carbocycles. The number of hydrogen-bond donors (Lipinski definition) is 0. The Morgan fingerprint density at radius 2 is 1.64 bits per heavy atom. The Labute approximate surface area is 173 Å². The molecule has 0 saturated heterocycles. The number of fused-ring (bicyclic) bond motifs is 5. The van der Waals surface area contributed by atoms with Gasteiger partial charge in [0.15, 0.2) is 0 Å². The highest BCUT2D eigenvalue weighted by Gasteiger charge is 2.53. The van der Waals surface area contributed by atoms with Gasteiger partial charge in [-0.1, -0.05) is 61.5 Å². The number of benzene rings is 1. The van der Waals surface area contributed by atoms with Crippen LogP contribution in [0.5, 0.6) is 0 Å². The number of nitrogens with zero attached hydrogens (tertiary/aromatic N) is 1. The summed E-state index contributed by atoms with van der Waals surface area (Å²) in [5.41, 5.74) is 2.78. The van der Waals surface area contributed by atoms with Gasteiger partial charge >= 0.3 is 0 Å². The van der Waals surface area contributed by atoms with Crippen LogP contribution in [0.15, 0.2) is 12.1 Å². The fraction of sp³-hybridized carbons (Fsp3) is 0.731. The van der Waals surface area contributed by atoms with E-state index in [1.165, 1.54) is 31.2 Å². The zero-order chi connectivity index (χ0) is 21.5. The predicted octanol–water partition coefficient (Wildman–Crippen LogP) is 8.27. The number of hydrogen-bond acceptors (Lipinski definition) is 1. The van der Waals surface area contributed by atoms with Crippen molar-refractivity contribution < 1.29 is 4.39 Å². The molecule has 5 atom stereocenters. The lowest BCUT2D eigenvalue weighted by Gasteiger charge is -2.50. The molecule has 158 valence electrons. The van der Waals surface area contributed by atoms with Gasteiger partial charge in [-0.3, -0.25) is 0 Å². The van der Waals surface area contributed by atoms with E-state index in [1.807, 2.05) is 47.6 Å². The van der Waals surface area contributed by atoms with Crippen LogP contribution in [-0.2, 0) is 6.42 Å². The van der Waals surface area contributed by atoms with Crippen molar-refractivity contribution in [1.29, 1.82) is 5.26 Å². The van der Waals surface area contributed by atoms with Crippen LogP contribution in [0.4, 0.5) is 4.39 Å². The fourth-order valence-corrected chi connectivity index (χ4v) is 5.97. The Bertz CT molecular complexity index is 659. The molecular weight excluding hydrogens is 345 g/mol. The van der Waals surface area contributed by atoms with E-state index in [0.29, 0.717) is 11.3 Å². The van der Waals surface area contributed by atoms with Crippen molar-refractivity contribution >= 4 is 0 Å². The van der Waals surface area contributed by atoms with Gasteiger partial charge in [-0.05, 0) is 84.8 Å². The van der Waals surface area contributed by atoms with Crippen molar-refractivity contribution in [3.63, 3.8) is 0 Å². The van der Waals surface area contributed by atoms with Gasteiger partial charge in [0.2, 0.25) is 0 Å². The lowest BCUT2D eigenvalue weighted by atomic mass is 9.54. The fourth-order valence-electron chi connectivity index (χ4n) is 5.97. The van der Waals surface area contributed by atoms with Crippen LogP contribution in [0.2, 0.25) is 0 Å². The molecule has 0 spiro atoms. The standard InChI is InChI=1S/C20H24FN.3C2H6/c1-12-3-8-18-16-6-7-17-14(5-4-13(11-22)19(17)21)15(16)9-10-20(12,18)2;3*1-2/h4-5,12,15-16,18H,3,6-10H2,1-2H3;3*1-2H3/t12-,15?,16?,18?,20+;;;/m0.../s1. The summed E-state index contributed by atoms with van der Waals surface area (Å²) in [6, 6.07) is 5.74. The Morgan fingerprint density at radius 3 is 2.25 bits per heavy atom. The van der Waals surface area contributed by atoms with Crippen LogP contribution in [0.3, 0.4) is 0 Å². The quantitative estimate of drug-likeness (QED) is 0.439. The van der Waals surface area contributed by atoms with Crippen LogP contribution in [0, 0.1) is 40.3 Å². The molecule has 0 aliphatic heterocycles. The highest BCUT2D eigenvalue weighted by Crippen LogP contribution is 2.62. The van der Waals surface area contributed by atoms with E-state index < -0.39 is 0 Å². The normalized spacial score (nSPS) is 31.7. The van der Waals surface area contributed by atoms with Crippen LogP contribution in [0.1, 0.15) is 110 Å². The third kappa shape index (κ3) is 4.14. The lowest BCUT2D eigenvalue weighted by Crippen LogP contribution is -2.41. The van der Waals surface area contributed by atoms with E-state index >= 15 is 0 Å². The summed E-state index contributed by atoms with van der Waals surface area (Å²) in [6.07, 6.45) is 7.11. The number of halogens is 1. The molecule has 4 rings (SSSR count). The summed E-state index contributed by atoms with van der Waals surface area (Å²) in [7, 11) is 0. The highest BCUT2D eigenvalue weighted by molar-refractivity contribution is 5.43. The van der Waals surface area contributed by atoms with Crippen LogP contribution in [-0.4, -0.2) is 0 Å². The number of rotatable bonds is 0. The van der Waals surface area contributed by atoms with Crippen molar-refractivity contribution in [3.05, 3.63) is 34.6 Å². The van der Waals surface area contributed by atoms with E-state index in [1.54, 1.807) is 6.07 Å². The van der Waals surface area contributed by atoms with Gasteiger partial charge in [0, 0.05) is 0 Å². The lowest BCUT2D eigenvalue weighted by molar-refractivity contribution is 0.0333. The molecule has 2 saturated carbocycles. The summed E-state index contributed by atoms with van der Waals surface area (Å²) < 4.78 is 14.5. The van der Waals surface area contributed by atoms with E-state index in [4.69, 9.17) is 5.26 Å². The summed E-state index contributed by atoms with van der Waals surface area (Å²) in [4.78, 5) is 0. The first-order valence-corrected chi connectivity index (χ1v) is 11.8. The number of nitriles is 1. The largest absolute Gasteiger partial charge is 0.205 e. The van der Waals surface area contributed by atoms with Crippen molar-refractivity contribution in [1.82, 2.24) is 0 Å². The molecule has 1 aromatic rings. The van der Waals surface area contributed by atoms with Gasteiger partial charge in [-0.15, -0.1) is 0 Å². The summed E-state index contributed by atoms with van der Waals surface area (Å²) in [6.45, 7) is 16.9. The molecule has 28 heavy (non-hydrogen) atoms. The third-order valence-corrected chi connectivity index (χ3v) is 7.44. The van der Waals surface area contributed by atoms with Crippen molar-refractivity contribution in [2.24, 2.45) is 23.2 Å². The van der Waals surface area contributed by atoms with Crippen molar-refractivity contribution in [2.45, 2.75) is 99.8 Å². The maximum Gasteiger partial charge on any atom is 0.144 e. The van der Waals surface area contributed by atoms with E-state index in [-0.39, 0.29) is 11.4 Å². The molecule has 2 fully saturated rings. The zero-order valence-electron chi connectivity index (χ0n) is 19.5. The van der Waals surface area contributed by atoms with Crippen LogP contribution in [0.25, 0.3) is 0 Å². The van der Waals surface area contributed by atoms with Gasteiger partial charge in [0.1, 0.15) is 11.9 Å². The minimum atomic E-state index is -0.244. The van der Waals surface area contributed by atoms with Crippen molar-refractivity contribution in [3.8, 4) is 6.07 Å². The first-order valence-electron chi connectivity index (χ1n) is 11.8. The first kappa shape index (κ1) is 24.7. The topological polar surface area (TPSA) is 23.8 Å². The Hall–Kier alpha value is -1.36. The molecule has 0 heterocycles. The SMILES string of the molecule is CC.CC.CC.C[C@H]1CCC2C3CCc4c(ccc(C#N)c4F)C3CC[C@@]21C. The molecule has 0 bridgehead atoms. The second-order valence-electron chi connectivity index (χ2n) is 8.05. The summed E-state index contributed by atoms with van der Waals surface area (Å²) >= 11 is 0. The molecule has 2 heteroatoms. The smallest absolute Gasteiger partial charge is 0.144 e. The Balaban J connectivity index is 0.000000599. The average Bonchev–Trinajstić information content (AvgIpc) is 3.07. The molecular formula is C26H42FN. The summed E-state index contributed by atoms with van der Waals surface area (Å²) in [5.74, 6) is 2.65. The van der Waals surface area contributed by atoms with Gasteiger partial charge in [-0.25, -0.2) is 4.39 Å². The van der Waals surface area contributed by atoms with E-state index in [0.717, 1.165) is 36.2 Å². The van der Waals surface area contributed by atoms with Crippen LogP contribution < -0.4 is 0 Å². The van der Waals surface area contributed by atoms with Gasteiger partial charge < -0.3 is 0 Å². The second kappa shape index (κ2) is 11.0.